The Bertz CT molecular complexity index is 266. The van der Waals surface area contributed by atoms with Crippen molar-refractivity contribution >= 4 is 5.69 Å². The Labute approximate surface area is 71.0 Å². The normalized spacial score (nSPS) is 9.33. The van der Waals surface area contributed by atoms with Crippen LogP contribution in [-0.4, -0.2) is 10.2 Å². The molecule has 0 amide bonds. The van der Waals surface area contributed by atoms with Gasteiger partial charge in [0.15, 0.2) is 0 Å². The Balaban J connectivity index is 2.53. The lowest BCUT2D eigenvalue weighted by Gasteiger charge is -2.03. The largest absolute Gasteiger partial charge is 0.511 e. The summed E-state index contributed by atoms with van der Waals surface area (Å²) < 4.78 is 0. The third kappa shape index (κ3) is 2.54. The fraction of sp³-hybridized carbons (Fsp3) is 0. The van der Waals surface area contributed by atoms with Gasteiger partial charge in [0.25, 0.3) is 0 Å². The van der Waals surface area contributed by atoms with Crippen molar-refractivity contribution in [2.45, 2.75) is 0 Å². The van der Waals surface area contributed by atoms with Gasteiger partial charge in [0, 0.05) is 5.69 Å². The van der Waals surface area contributed by atoms with Gasteiger partial charge in [0.05, 0.1) is 0 Å². The maximum Gasteiger partial charge on any atom is 0.115 e. The maximum atomic E-state index is 8.93. The summed E-state index contributed by atoms with van der Waals surface area (Å²) in [7, 11) is 0. The van der Waals surface area contributed by atoms with Crippen LogP contribution < -0.4 is 5.32 Å². The zero-order valence-electron chi connectivity index (χ0n) is 6.49. The average Bonchev–Trinajstić information content (AvgIpc) is 2.03. The number of hydrogen-bond donors (Lipinski definition) is 3. The van der Waals surface area contributed by atoms with Crippen LogP contribution in [0.3, 0.4) is 0 Å². The predicted molar refractivity (Wildman–Crippen MR) is 47.8 cm³/mol. The Kier molecular flexibility index (Phi) is 2.58. The van der Waals surface area contributed by atoms with Crippen molar-refractivity contribution in [3.8, 4) is 5.75 Å². The summed E-state index contributed by atoms with van der Waals surface area (Å²) in [6.07, 6.45) is 0. The van der Waals surface area contributed by atoms with E-state index in [9.17, 15) is 0 Å². The van der Waals surface area contributed by atoms with E-state index in [1.807, 2.05) is 0 Å². The standard InChI is InChI=1S/C9H10NO2/c1-7(11)6-10-8-2-4-9(12)5-3-8/h2-6,10-12H,1H2. The lowest BCUT2D eigenvalue weighted by molar-refractivity contribution is 0.425. The monoisotopic (exact) mass is 164 g/mol. The summed E-state index contributed by atoms with van der Waals surface area (Å²) in [5.74, 6) is 0.173. The van der Waals surface area contributed by atoms with E-state index in [2.05, 4.69) is 11.9 Å². The van der Waals surface area contributed by atoms with Crippen molar-refractivity contribution in [1.82, 2.24) is 0 Å². The van der Waals surface area contributed by atoms with Crippen molar-refractivity contribution in [1.29, 1.82) is 0 Å². The van der Waals surface area contributed by atoms with Gasteiger partial charge in [0.2, 0.25) is 0 Å². The zero-order valence-corrected chi connectivity index (χ0v) is 6.49. The van der Waals surface area contributed by atoms with Gasteiger partial charge >= 0.3 is 0 Å². The van der Waals surface area contributed by atoms with E-state index in [0.717, 1.165) is 5.69 Å². The van der Waals surface area contributed by atoms with Gasteiger partial charge in [-0.1, -0.05) is 6.58 Å². The number of aromatic hydroxyl groups is 1. The van der Waals surface area contributed by atoms with Crippen LogP contribution in [0.1, 0.15) is 0 Å². The number of nitrogens with one attached hydrogen (secondary N) is 1. The van der Waals surface area contributed by atoms with Crippen molar-refractivity contribution in [3.63, 3.8) is 0 Å². The molecule has 0 aliphatic carbocycles. The highest BCUT2D eigenvalue weighted by molar-refractivity contribution is 5.48. The first-order valence-electron chi connectivity index (χ1n) is 3.45. The van der Waals surface area contributed by atoms with E-state index < -0.39 is 0 Å². The molecule has 1 aromatic carbocycles. The molecule has 0 spiro atoms. The van der Waals surface area contributed by atoms with Gasteiger partial charge in [-0.05, 0) is 24.3 Å². The molecule has 0 aromatic heterocycles. The minimum atomic E-state index is -0.0388. The summed E-state index contributed by atoms with van der Waals surface area (Å²) in [4.78, 5) is 0. The van der Waals surface area contributed by atoms with Gasteiger partial charge < -0.3 is 15.5 Å². The highest BCUT2D eigenvalue weighted by atomic mass is 16.3. The number of phenols is 1. The minimum absolute atomic E-state index is 0.0388. The highest BCUT2D eigenvalue weighted by Gasteiger charge is 1.92. The van der Waals surface area contributed by atoms with Crippen LogP contribution in [0.4, 0.5) is 5.69 Å². The average molecular weight is 164 g/mol. The SMILES string of the molecule is C=C(O)[CH]Nc1ccc(O)cc1. The van der Waals surface area contributed by atoms with E-state index in [0.29, 0.717) is 0 Å². The summed E-state index contributed by atoms with van der Waals surface area (Å²) in [6, 6.07) is 6.48. The van der Waals surface area contributed by atoms with Gasteiger partial charge in [-0.25, -0.2) is 0 Å². The fourth-order valence-corrected chi connectivity index (χ4v) is 0.724. The van der Waals surface area contributed by atoms with E-state index in [1.54, 1.807) is 24.3 Å². The lowest BCUT2D eigenvalue weighted by atomic mass is 10.3. The van der Waals surface area contributed by atoms with Crippen molar-refractivity contribution in [2.24, 2.45) is 0 Å². The Hall–Kier alpha value is -1.64. The van der Waals surface area contributed by atoms with Gasteiger partial charge in [-0.2, -0.15) is 0 Å². The summed E-state index contributed by atoms with van der Waals surface area (Å²) >= 11 is 0. The first-order chi connectivity index (χ1) is 5.68. The molecule has 0 atom stereocenters. The quantitative estimate of drug-likeness (QED) is 0.473. The Morgan fingerprint density at radius 2 is 1.92 bits per heavy atom. The number of phenolic OH excluding ortho intramolecular Hbond substituents is 1. The number of aliphatic hydroxyl groups is 1. The molecule has 0 unspecified atom stereocenters. The van der Waals surface area contributed by atoms with Crippen LogP contribution in [0.2, 0.25) is 0 Å². The Morgan fingerprint density at radius 1 is 1.33 bits per heavy atom. The predicted octanol–water partition coefficient (Wildman–Crippen LogP) is 2.04. The topological polar surface area (TPSA) is 52.5 Å². The van der Waals surface area contributed by atoms with E-state index in [1.165, 1.54) is 6.54 Å². The molecule has 0 heterocycles. The fourth-order valence-electron chi connectivity index (χ4n) is 0.724. The third-order valence-electron chi connectivity index (χ3n) is 1.27. The number of rotatable bonds is 3. The first kappa shape index (κ1) is 8.46. The van der Waals surface area contributed by atoms with E-state index >= 15 is 0 Å². The number of hydrogen-bond acceptors (Lipinski definition) is 3. The molecule has 0 saturated heterocycles. The molecule has 0 bridgehead atoms. The Morgan fingerprint density at radius 3 is 2.42 bits per heavy atom. The van der Waals surface area contributed by atoms with Crippen molar-refractivity contribution in [2.75, 3.05) is 5.32 Å². The molecule has 63 valence electrons. The smallest absolute Gasteiger partial charge is 0.115 e. The molecule has 3 heteroatoms. The molecule has 0 saturated carbocycles. The van der Waals surface area contributed by atoms with E-state index in [-0.39, 0.29) is 11.5 Å². The van der Waals surface area contributed by atoms with Crippen LogP contribution >= 0.6 is 0 Å². The van der Waals surface area contributed by atoms with Crippen LogP contribution in [-0.2, 0) is 0 Å². The molecule has 0 aliphatic rings. The summed E-state index contributed by atoms with van der Waals surface area (Å²) in [5.41, 5.74) is 0.781. The van der Waals surface area contributed by atoms with Crippen molar-refractivity contribution in [3.05, 3.63) is 43.1 Å². The number of anilines is 1. The first-order valence-corrected chi connectivity index (χ1v) is 3.45. The van der Waals surface area contributed by atoms with Crippen LogP contribution in [0.15, 0.2) is 36.6 Å². The second-order valence-electron chi connectivity index (χ2n) is 2.33. The molecule has 3 nitrogen and oxygen atoms in total. The van der Waals surface area contributed by atoms with Crippen LogP contribution in [0.5, 0.6) is 5.75 Å². The van der Waals surface area contributed by atoms with Crippen LogP contribution in [0.25, 0.3) is 0 Å². The summed E-state index contributed by atoms with van der Waals surface area (Å²) in [5, 5.41) is 20.4. The molecule has 0 fully saturated rings. The summed E-state index contributed by atoms with van der Waals surface area (Å²) in [6.45, 7) is 4.64. The minimum Gasteiger partial charge on any atom is -0.511 e. The number of aliphatic hydroxyl groups excluding tert-OH is 1. The molecule has 12 heavy (non-hydrogen) atoms. The van der Waals surface area contributed by atoms with Gasteiger partial charge in [-0.3, -0.25) is 0 Å². The van der Waals surface area contributed by atoms with Crippen molar-refractivity contribution < 1.29 is 10.2 Å². The van der Waals surface area contributed by atoms with Gasteiger partial charge in [0.1, 0.15) is 18.1 Å². The second-order valence-corrected chi connectivity index (χ2v) is 2.33. The molecule has 1 radical (unpaired) electrons. The molecular formula is C9H10NO2. The highest BCUT2D eigenvalue weighted by Crippen LogP contribution is 2.14. The lowest BCUT2D eigenvalue weighted by Crippen LogP contribution is -1.95. The third-order valence-corrected chi connectivity index (χ3v) is 1.27. The molecule has 1 aromatic rings. The number of benzene rings is 1. The zero-order chi connectivity index (χ0) is 8.97. The van der Waals surface area contributed by atoms with Crippen LogP contribution in [0, 0.1) is 6.54 Å². The van der Waals surface area contributed by atoms with E-state index in [4.69, 9.17) is 10.2 Å². The molecule has 3 N–H and O–H groups in total. The van der Waals surface area contributed by atoms with Gasteiger partial charge in [-0.15, -0.1) is 0 Å². The molecule has 1 rings (SSSR count). The molecule has 0 aliphatic heterocycles. The second kappa shape index (κ2) is 3.67. The molecular weight excluding hydrogens is 154 g/mol. The maximum absolute atomic E-state index is 8.93.